The molecule has 0 saturated carbocycles. The highest BCUT2D eigenvalue weighted by molar-refractivity contribution is 9.09. The van der Waals surface area contributed by atoms with Crippen molar-refractivity contribution in [3.63, 3.8) is 0 Å². The predicted octanol–water partition coefficient (Wildman–Crippen LogP) is 4.08. The van der Waals surface area contributed by atoms with Crippen molar-refractivity contribution in [2.24, 2.45) is 0 Å². The van der Waals surface area contributed by atoms with E-state index < -0.39 is 0 Å². The van der Waals surface area contributed by atoms with Crippen LogP contribution < -0.4 is 5.32 Å². The zero-order valence-electron chi connectivity index (χ0n) is 10.9. The Hall–Kier alpha value is -1.32. The molecule has 104 valence electrons. The van der Waals surface area contributed by atoms with Crippen molar-refractivity contribution in [3.8, 4) is 0 Å². The molecule has 1 amide bonds. The lowest BCUT2D eigenvalue weighted by atomic mass is 10.1. The predicted molar refractivity (Wildman–Crippen MR) is 86.6 cm³/mol. The molecule has 1 atom stereocenters. The first kappa shape index (κ1) is 15.1. The van der Waals surface area contributed by atoms with E-state index in [2.05, 4.69) is 33.4 Å². The molecule has 2 aromatic rings. The van der Waals surface area contributed by atoms with Crippen LogP contribution in [0.25, 0.3) is 0 Å². The highest BCUT2D eigenvalue weighted by Crippen LogP contribution is 2.15. The summed E-state index contributed by atoms with van der Waals surface area (Å²) in [5.41, 5.74) is 1.70. The molecule has 4 heteroatoms. The van der Waals surface area contributed by atoms with E-state index in [0.29, 0.717) is 15.9 Å². The molecule has 0 fully saturated rings. The molecule has 0 saturated heterocycles. The maximum atomic E-state index is 12.2. The van der Waals surface area contributed by atoms with Crippen molar-refractivity contribution < 1.29 is 4.79 Å². The number of amides is 1. The van der Waals surface area contributed by atoms with Gasteiger partial charge in [-0.15, -0.1) is 0 Å². The first-order chi connectivity index (χ1) is 9.70. The Bertz CT molecular complexity index is 574. The van der Waals surface area contributed by atoms with E-state index >= 15 is 0 Å². The molecule has 0 aromatic heterocycles. The minimum Gasteiger partial charge on any atom is -0.348 e. The van der Waals surface area contributed by atoms with Crippen molar-refractivity contribution >= 4 is 33.4 Å². The van der Waals surface area contributed by atoms with Gasteiger partial charge in [-0.1, -0.05) is 70.0 Å². The molecule has 2 aromatic carbocycles. The number of halogens is 2. The Labute approximate surface area is 132 Å². The van der Waals surface area contributed by atoms with E-state index in [9.17, 15) is 4.79 Å². The Balaban J connectivity index is 2.03. The third kappa shape index (κ3) is 4.09. The van der Waals surface area contributed by atoms with E-state index in [1.54, 1.807) is 18.2 Å². The van der Waals surface area contributed by atoms with Crippen molar-refractivity contribution in [2.75, 3.05) is 5.33 Å². The van der Waals surface area contributed by atoms with Crippen LogP contribution in [0.2, 0.25) is 5.02 Å². The molecular weight excluding hydrogens is 338 g/mol. The van der Waals surface area contributed by atoms with Crippen molar-refractivity contribution in [3.05, 3.63) is 70.7 Å². The summed E-state index contributed by atoms with van der Waals surface area (Å²) in [6, 6.07) is 17.2. The standard InChI is InChI=1S/C16H15BrClNO/c17-11-13(10-12-6-2-1-3-7-12)19-16(20)14-8-4-5-9-15(14)18/h1-9,13H,10-11H2,(H,19,20). The van der Waals surface area contributed by atoms with Crippen LogP contribution in [-0.4, -0.2) is 17.3 Å². The van der Waals surface area contributed by atoms with Crippen molar-refractivity contribution in [1.29, 1.82) is 0 Å². The monoisotopic (exact) mass is 351 g/mol. The summed E-state index contributed by atoms with van der Waals surface area (Å²) < 4.78 is 0. The molecule has 1 unspecified atom stereocenters. The smallest absolute Gasteiger partial charge is 0.253 e. The molecule has 0 spiro atoms. The second-order valence-electron chi connectivity index (χ2n) is 4.49. The van der Waals surface area contributed by atoms with Crippen LogP contribution in [0, 0.1) is 0 Å². The van der Waals surface area contributed by atoms with Gasteiger partial charge in [0.25, 0.3) is 5.91 Å². The van der Waals surface area contributed by atoms with Gasteiger partial charge in [0.2, 0.25) is 0 Å². The van der Waals surface area contributed by atoms with Gasteiger partial charge in [-0.2, -0.15) is 0 Å². The fourth-order valence-corrected chi connectivity index (χ4v) is 2.56. The summed E-state index contributed by atoms with van der Waals surface area (Å²) in [4.78, 5) is 12.2. The van der Waals surface area contributed by atoms with Crippen LogP contribution in [0.5, 0.6) is 0 Å². The highest BCUT2D eigenvalue weighted by Gasteiger charge is 2.15. The van der Waals surface area contributed by atoms with Crippen LogP contribution >= 0.6 is 27.5 Å². The van der Waals surface area contributed by atoms with Crippen LogP contribution in [0.15, 0.2) is 54.6 Å². The molecule has 20 heavy (non-hydrogen) atoms. The number of rotatable bonds is 5. The molecule has 0 radical (unpaired) electrons. The summed E-state index contributed by atoms with van der Waals surface area (Å²) in [5.74, 6) is -0.143. The SMILES string of the molecule is O=C(NC(CBr)Cc1ccccc1)c1ccccc1Cl. The number of carbonyl (C=O) groups excluding carboxylic acids is 1. The van der Waals surface area contributed by atoms with Gasteiger partial charge in [-0.3, -0.25) is 4.79 Å². The topological polar surface area (TPSA) is 29.1 Å². The van der Waals surface area contributed by atoms with Crippen LogP contribution in [0.1, 0.15) is 15.9 Å². The Morgan fingerprint density at radius 3 is 2.40 bits per heavy atom. The van der Waals surface area contributed by atoms with E-state index in [1.165, 1.54) is 5.56 Å². The Morgan fingerprint density at radius 1 is 1.10 bits per heavy atom. The highest BCUT2D eigenvalue weighted by atomic mass is 79.9. The van der Waals surface area contributed by atoms with E-state index in [4.69, 9.17) is 11.6 Å². The lowest BCUT2D eigenvalue weighted by Crippen LogP contribution is -2.37. The van der Waals surface area contributed by atoms with Gasteiger partial charge in [0.1, 0.15) is 0 Å². The van der Waals surface area contributed by atoms with Crippen LogP contribution in [-0.2, 0) is 6.42 Å². The fourth-order valence-electron chi connectivity index (χ4n) is 1.95. The maximum Gasteiger partial charge on any atom is 0.253 e. The molecule has 0 bridgehead atoms. The largest absolute Gasteiger partial charge is 0.348 e. The van der Waals surface area contributed by atoms with E-state index in [-0.39, 0.29) is 11.9 Å². The molecule has 0 heterocycles. The zero-order valence-corrected chi connectivity index (χ0v) is 13.2. The summed E-state index contributed by atoms with van der Waals surface area (Å²) in [5, 5.41) is 4.16. The minimum atomic E-state index is -0.143. The number of hydrogen-bond donors (Lipinski definition) is 1. The second kappa shape index (κ2) is 7.46. The van der Waals surface area contributed by atoms with Crippen LogP contribution in [0.3, 0.4) is 0 Å². The lowest BCUT2D eigenvalue weighted by molar-refractivity contribution is 0.0941. The molecular formula is C16H15BrClNO. The quantitative estimate of drug-likeness (QED) is 0.807. The van der Waals surface area contributed by atoms with Gasteiger partial charge in [0, 0.05) is 11.4 Å². The molecule has 1 N–H and O–H groups in total. The molecule has 2 rings (SSSR count). The number of carbonyl (C=O) groups is 1. The van der Waals surface area contributed by atoms with Gasteiger partial charge < -0.3 is 5.32 Å². The number of nitrogens with one attached hydrogen (secondary N) is 1. The van der Waals surface area contributed by atoms with Gasteiger partial charge >= 0.3 is 0 Å². The maximum absolute atomic E-state index is 12.2. The molecule has 0 aliphatic rings. The Kier molecular flexibility index (Phi) is 5.62. The normalized spacial score (nSPS) is 11.9. The summed E-state index contributed by atoms with van der Waals surface area (Å²) in [7, 11) is 0. The van der Waals surface area contributed by atoms with Gasteiger partial charge in [-0.25, -0.2) is 0 Å². The van der Waals surface area contributed by atoms with Gasteiger partial charge in [0.15, 0.2) is 0 Å². The second-order valence-corrected chi connectivity index (χ2v) is 5.55. The Morgan fingerprint density at radius 2 is 1.75 bits per heavy atom. The average molecular weight is 353 g/mol. The zero-order chi connectivity index (χ0) is 14.4. The molecule has 2 nitrogen and oxygen atoms in total. The third-order valence-electron chi connectivity index (χ3n) is 2.96. The van der Waals surface area contributed by atoms with Crippen LogP contribution in [0.4, 0.5) is 0 Å². The van der Waals surface area contributed by atoms with E-state index in [1.807, 2.05) is 24.3 Å². The number of alkyl halides is 1. The third-order valence-corrected chi connectivity index (χ3v) is 4.08. The summed E-state index contributed by atoms with van der Waals surface area (Å²) in [6.45, 7) is 0. The first-order valence-electron chi connectivity index (χ1n) is 6.36. The number of hydrogen-bond acceptors (Lipinski definition) is 1. The first-order valence-corrected chi connectivity index (χ1v) is 7.86. The van der Waals surface area contributed by atoms with Gasteiger partial charge in [0.05, 0.1) is 10.6 Å². The van der Waals surface area contributed by atoms with Crippen molar-refractivity contribution in [2.45, 2.75) is 12.5 Å². The lowest BCUT2D eigenvalue weighted by Gasteiger charge is -2.17. The van der Waals surface area contributed by atoms with Crippen molar-refractivity contribution in [1.82, 2.24) is 5.32 Å². The minimum absolute atomic E-state index is 0.0289. The fraction of sp³-hybridized carbons (Fsp3) is 0.188. The van der Waals surface area contributed by atoms with E-state index in [0.717, 1.165) is 6.42 Å². The molecule has 0 aliphatic heterocycles. The summed E-state index contributed by atoms with van der Waals surface area (Å²) in [6.07, 6.45) is 0.780. The summed E-state index contributed by atoms with van der Waals surface area (Å²) >= 11 is 9.48. The number of benzene rings is 2. The van der Waals surface area contributed by atoms with Gasteiger partial charge in [-0.05, 0) is 24.1 Å². The average Bonchev–Trinajstić information content (AvgIpc) is 2.48. The molecule has 0 aliphatic carbocycles.